The number of hydrogen-bond acceptors (Lipinski definition) is 2. The van der Waals surface area contributed by atoms with Gasteiger partial charge in [-0.3, -0.25) is 0 Å². The zero-order valence-electron chi connectivity index (χ0n) is 27.0. The third-order valence-corrected chi connectivity index (χ3v) is 9.30. The zero-order chi connectivity index (χ0) is 30.1. The van der Waals surface area contributed by atoms with E-state index < -0.39 is 0 Å². The average molecular weight is 553 g/mol. The molecule has 4 aromatic rings. The fourth-order valence-electron chi connectivity index (χ4n) is 6.78. The second-order valence-corrected chi connectivity index (χ2v) is 14.5. The summed E-state index contributed by atoms with van der Waals surface area (Å²) in [5.41, 5.74) is 17.5. The van der Waals surface area contributed by atoms with Gasteiger partial charge >= 0.3 is 0 Å². The number of benzene rings is 4. The van der Waals surface area contributed by atoms with E-state index in [-0.39, 0.29) is 22.7 Å². The maximum atomic E-state index is 5.58. The summed E-state index contributed by atoms with van der Waals surface area (Å²) in [6, 6.07) is 27.3. The minimum atomic E-state index is 0.0263. The molecule has 0 radical (unpaired) electrons. The number of para-hydroxylation sites is 2. The molecular weight excluding hydrogens is 508 g/mol. The molecule has 0 heterocycles. The molecule has 7 rings (SSSR count). The summed E-state index contributed by atoms with van der Waals surface area (Å²) in [6.45, 7) is 22.5. The first-order valence-electron chi connectivity index (χ1n) is 15.3. The SMILES string of the molecule is Cc1cccc(C)c1N=C1C(=Nc2c(C)cccc2C)C2c3ccc(C(C)(C)C)cc3C1c1ccc(C(C)(C)C)cc12. The number of rotatable bonds is 2. The molecule has 2 unspecified atom stereocenters. The van der Waals surface area contributed by atoms with Gasteiger partial charge in [-0.05, 0) is 94.2 Å². The van der Waals surface area contributed by atoms with Crippen LogP contribution in [-0.4, -0.2) is 11.4 Å². The highest BCUT2D eigenvalue weighted by atomic mass is 14.9. The topological polar surface area (TPSA) is 24.7 Å². The van der Waals surface area contributed by atoms with Crippen LogP contribution in [0, 0.1) is 27.7 Å². The van der Waals surface area contributed by atoms with Gasteiger partial charge in [0.1, 0.15) is 0 Å². The molecule has 2 bridgehead atoms. The number of nitrogens with zero attached hydrogens (tertiary/aromatic N) is 2. The predicted octanol–water partition coefficient (Wildman–Crippen LogP) is 10.7. The summed E-state index contributed by atoms with van der Waals surface area (Å²) in [6.07, 6.45) is 0. The van der Waals surface area contributed by atoms with Gasteiger partial charge in [0, 0.05) is 0 Å². The third-order valence-electron chi connectivity index (χ3n) is 9.30. The van der Waals surface area contributed by atoms with Crippen molar-refractivity contribution < 1.29 is 0 Å². The van der Waals surface area contributed by atoms with Gasteiger partial charge in [-0.2, -0.15) is 0 Å². The van der Waals surface area contributed by atoms with Gasteiger partial charge in [0.15, 0.2) is 0 Å². The van der Waals surface area contributed by atoms with Crippen molar-refractivity contribution in [3.8, 4) is 0 Å². The Morgan fingerprint density at radius 2 is 0.786 bits per heavy atom. The molecule has 3 aliphatic rings. The van der Waals surface area contributed by atoms with E-state index in [1.807, 2.05) is 0 Å². The minimum absolute atomic E-state index is 0.0263. The Kier molecular flexibility index (Phi) is 6.68. The third kappa shape index (κ3) is 4.66. The van der Waals surface area contributed by atoms with Crippen molar-refractivity contribution in [2.75, 3.05) is 0 Å². The van der Waals surface area contributed by atoms with Crippen LogP contribution in [0.1, 0.15) is 109 Å². The summed E-state index contributed by atoms with van der Waals surface area (Å²) in [7, 11) is 0. The molecule has 2 nitrogen and oxygen atoms in total. The molecule has 0 N–H and O–H groups in total. The van der Waals surface area contributed by atoms with Gasteiger partial charge in [-0.15, -0.1) is 0 Å². The van der Waals surface area contributed by atoms with Crippen molar-refractivity contribution >= 4 is 22.8 Å². The maximum absolute atomic E-state index is 5.58. The normalized spacial score (nSPS) is 19.8. The standard InChI is InChI=1S/C40H44N2/c1-23-13-11-14-24(2)35(23)41-37-33-29-19-17-28(40(8,9)10)22-32(29)34(30-20-18-27(21-31(30)33)39(5,6)7)38(37)42-36-25(3)15-12-16-26(36)4/h11-22,33-34H,1-10H3. The molecule has 0 fully saturated rings. The van der Waals surface area contributed by atoms with Gasteiger partial charge in [0.2, 0.25) is 0 Å². The zero-order valence-corrected chi connectivity index (χ0v) is 27.0. The highest BCUT2D eigenvalue weighted by molar-refractivity contribution is 6.50. The molecule has 214 valence electrons. The lowest BCUT2D eigenvalue weighted by Crippen LogP contribution is -2.41. The molecule has 42 heavy (non-hydrogen) atoms. The monoisotopic (exact) mass is 552 g/mol. The van der Waals surface area contributed by atoms with Crippen molar-refractivity contribution in [2.24, 2.45) is 9.98 Å². The fourth-order valence-corrected chi connectivity index (χ4v) is 6.78. The van der Waals surface area contributed by atoms with Crippen molar-refractivity contribution in [1.82, 2.24) is 0 Å². The lowest BCUT2D eigenvalue weighted by Gasteiger charge is -2.43. The van der Waals surface area contributed by atoms with E-state index in [0.717, 1.165) is 22.8 Å². The molecule has 0 amide bonds. The van der Waals surface area contributed by atoms with E-state index in [2.05, 4.69) is 142 Å². The van der Waals surface area contributed by atoms with Gasteiger partial charge in [0.25, 0.3) is 0 Å². The second kappa shape index (κ2) is 9.90. The van der Waals surface area contributed by atoms with E-state index in [1.165, 1.54) is 55.6 Å². The molecule has 0 spiro atoms. The predicted molar refractivity (Wildman–Crippen MR) is 180 cm³/mol. The summed E-state index contributed by atoms with van der Waals surface area (Å²) in [5.74, 6) is 0.0526. The molecular formula is C40H44N2. The van der Waals surface area contributed by atoms with Crippen molar-refractivity contribution in [3.63, 3.8) is 0 Å². The molecule has 4 aromatic carbocycles. The van der Waals surface area contributed by atoms with Crippen molar-refractivity contribution in [2.45, 2.75) is 91.9 Å². The average Bonchev–Trinajstić information content (AvgIpc) is 2.91. The molecule has 2 heteroatoms. The Labute approximate surface area is 252 Å². The summed E-state index contributed by atoms with van der Waals surface area (Å²) < 4.78 is 0. The summed E-state index contributed by atoms with van der Waals surface area (Å²) in [4.78, 5) is 11.2. The van der Waals surface area contributed by atoms with Crippen molar-refractivity contribution in [1.29, 1.82) is 0 Å². The van der Waals surface area contributed by atoms with Crippen molar-refractivity contribution in [3.05, 3.63) is 128 Å². The first kappa shape index (κ1) is 28.3. The Bertz CT molecular complexity index is 1610. The van der Waals surface area contributed by atoms with Gasteiger partial charge in [-0.1, -0.05) is 114 Å². The quantitative estimate of drug-likeness (QED) is 0.236. The Morgan fingerprint density at radius 3 is 1.10 bits per heavy atom. The van der Waals surface area contributed by atoms with E-state index in [0.29, 0.717) is 0 Å². The smallest absolute Gasteiger partial charge is 0.0754 e. The van der Waals surface area contributed by atoms with Crippen LogP contribution in [0.2, 0.25) is 0 Å². The lowest BCUT2D eigenvalue weighted by molar-refractivity contribution is 0.586. The fraction of sp³-hybridized carbons (Fsp3) is 0.350. The number of fused-ring (bicyclic) bond motifs is 1. The number of hydrogen-bond donors (Lipinski definition) is 0. The maximum Gasteiger partial charge on any atom is 0.0754 e. The van der Waals surface area contributed by atoms with Crippen LogP contribution >= 0.6 is 0 Å². The van der Waals surface area contributed by atoms with Gasteiger partial charge < -0.3 is 0 Å². The molecule has 0 aromatic heterocycles. The Morgan fingerprint density at radius 1 is 0.452 bits per heavy atom. The Hall–Kier alpha value is -3.78. The largest absolute Gasteiger partial charge is 0.250 e. The van der Waals surface area contributed by atoms with Gasteiger partial charge in [0.05, 0.1) is 34.6 Å². The van der Waals surface area contributed by atoms with Crippen LogP contribution in [0.15, 0.2) is 82.8 Å². The number of aliphatic imine (C=N–C) groups is 2. The highest BCUT2D eigenvalue weighted by Gasteiger charge is 2.47. The number of aryl methyl sites for hydroxylation is 4. The van der Waals surface area contributed by atoms with Crippen LogP contribution in [0.5, 0.6) is 0 Å². The molecule has 0 saturated heterocycles. The first-order chi connectivity index (χ1) is 19.8. The van der Waals surface area contributed by atoms with E-state index in [9.17, 15) is 0 Å². The minimum Gasteiger partial charge on any atom is -0.250 e. The van der Waals surface area contributed by atoms with E-state index in [4.69, 9.17) is 9.98 Å². The van der Waals surface area contributed by atoms with Gasteiger partial charge in [-0.25, -0.2) is 9.98 Å². The second-order valence-electron chi connectivity index (χ2n) is 14.5. The van der Waals surface area contributed by atoms with Crippen LogP contribution in [0.3, 0.4) is 0 Å². The lowest BCUT2D eigenvalue weighted by atomic mass is 9.60. The van der Waals surface area contributed by atoms with E-state index in [1.54, 1.807) is 0 Å². The van der Waals surface area contributed by atoms with Crippen LogP contribution in [-0.2, 0) is 10.8 Å². The van der Waals surface area contributed by atoms with Crippen LogP contribution in [0.25, 0.3) is 0 Å². The van der Waals surface area contributed by atoms with Crippen LogP contribution < -0.4 is 0 Å². The Balaban J connectivity index is 1.73. The molecule has 0 saturated carbocycles. The summed E-state index contributed by atoms with van der Waals surface area (Å²) in [5, 5.41) is 0. The first-order valence-corrected chi connectivity index (χ1v) is 15.3. The van der Waals surface area contributed by atoms with E-state index >= 15 is 0 Å². The molecule has 2 atom stereocenters. The van der Waals surface area contributed by atoms with Crippen LogP contribution in [0.4, 0.5) is 11.4 Å². The molecule has 0 aliphatic heterocycles. The summed E-state index contributed by atoms with van der Waals surface area (Å²) >= 11 is 0. The molecule has 3 aliphatic carbocycles. The highest BCUT2D eigenvalue weighted by Crippen LogP contribution is 2.53.